The first-order valence-electron chi connectivity index (χ1n) is 9.33. The van der Waals surface area contributed by atoms with Gasteiger partial charge in [-0.3, -0.25) is 21.0 Å². The van der Waals surface area contributed by atoms with Crippen LogP contribution < -0.4 is 21.5 Å². The Bertz CT molecular complexity index is 822. The Kier molecular flexibility index (Phi) is 7.03. The first-order valence-corrected chi connectivity index (χ1v) is 9.74. The van der Waals surface area contributed by atoms with Crippen molar-refractivity contribution in [1.29, 1.82) is 5.26 Å². The lowest BCUT2D eigenvalue weighted by atomic mass is 9.57. The lowest BCUT2D eigenvalue weighted by molar-refractivity contribution is -0.124. The minimum atomic E-state index is -0.601. The second-order valence-corrected chi connectivity index (χ2v) is 8.56. The first kappa shape index (κ1) is 22.4. The van der Waals surface area contributed by atoms with Crippen LogP contribution in [0, 0.1) is 17.2 Å². The van der Waals surface area contributed by atoms with Gasteiger partial charge in [0.15, 0.2) is 5.11 Å². The highest BCUT2D eigenvalue weighted by molar-refractivity contribution is 7.80. The summed E-state index contributed by atoms with van der Waals surface area (Å²) in [6.45, 7) is 5.38. The number of carbonyl (C=O) groups is 2. The molecule has 2 rings (SSSR count). The Labute approximate surface area is 176 Å². The van der Waals surface area contributed by atoms with Crippen LogP contribution in [0.1, 0.15) is 45.6 Å². The molecule has 1 aromatic carbocycles. The average Bonchev–Trinajstić information content (AvgIpc) is 2.60. The van der Waals surface area contributed by atoms with Gasteiger partial charge in [0, 0.05) is 30.5 Å². The van der Waals surface area contributed by atoms with E-state index in [2.05, 4.69) is 27.6 Å². The number of ether oxygens (including phenoxy) is 1. The molecule has 1 saturated carbocycles. The van der Waals surface area contributed by atoms with Crippen molar-refractivity contribution in [3.05, 3.63) is 29.8 Å². The Morgan fingerprint density at radius 2 is 2.00 bits per heavy atom. The number of carbonyl (C=O) groups excluding carboxylic acids is 2. The zero-order valence-electron chi connectivity index (χ0n) is 17.1. The highest BCUT2D eigenvalue weighted by Crippen LogP contribution is 2.50. The van der Waals surface area contributed by atoms with E-state index in [1.807, 2.05) is 18.2 Å². The van der Waals surface area contributed by atoms with Crippen LogP contribution in [-0.2, 0) is 14.9 Å². The van der Waals surface area contributed by atoms with Crippen molar-refractivity contribution in [2.75, 3.05) is 12.4 Å². The fourth-order valence-electron chi connectivity index (χ4n) is 3.35. The van der Waals surface area contributed by atoms with Crippen LogP contribution in [-0.4, -0.2) is 29.8 Å². The number of hydrazine groups is 1. The van der Waals surface area contributed by atoms with Gasteiger partial charge in [0.2, 0.25) is 5.91 Å². The highest BCUT2D eigenvalue weighted by atomic mass is 32.1. The van der Waals surface area contributed by atoms with Crippen molar-refractivity contribution in [2.45, 2.75) is 51.0 Å². The fourth-order valence-corrected chi connectivity index (χ4v) is 3.40. The molecule has 8 nitrogen and oxygen atoms in total. The maximum Gasteiger partial charge on any atom is 0.412 e. The topological polar surface area (TPSA) is 115 Å². The SMILES string of the molecule is CNC(=S)NNC(=O)CC1(c2cccc(NC(=O)OC(C)(C)C)c2)CC(C#N)C1. The number of hydrogen-bond donors (Lipinski definition) is 4. The molecule has 0 unspecified atom stereocenters. The number of benzene rings is 1. The minimum absolute atomic E-state index is 0.100. The molecule has 29 heavy (non-hydrogen) atoms. The van der Waals surface area contributed by atoms with Gasteiger partial charge in [-0.25, -0.2) is 4.79 Å². The summed E-state index contributed by atoms with van der Waals surface area (Å²) in [4.78, 5) is 24.5. The summed E-state index contributed by atoms with van der Waals surface area (Å²) < 4.78 is 5.29. The molecule has 0 aliphatic heterocycles. The second kappa shape index (κ2) is 9.09. The van der Waals surface area contributed by atoms with Crippen LogP contribution >= 0.6 is 12.2 Å². The number of hydrogen-bond acceptors (Lipinski definition) is 5. The van der Waals surface area contributed by atoms with Crippen molar-refractivity contribution in [1.82, 2.24) is 16.2 Å². The summed E-state index contributed by atoms with van der Waals surface area (Å²) in [7, 11) is 1.65. The molecule has 4 N–H and O–H groups in total. The van der Waals surface area contributed by atoms with E-state index in [4.69, 9.17) is 17.0 Å². The zero-order valence-corrected chi connectivity index (χ0v) is 17.9. The number of nitrogens with zero attached hydrogens (tertiary/aromatic N) is 1. The summed E-state index contributed by atoms with van der Waals surface area (Å²) in [5.74, 6) is -0.332. The third kappa shape index (κ3) is 6.32. The fraction of sp³-hybridized carbons (Fsp3) is 0.500. The van der Waals surface area contributed by atoms with Crippen LogP contribution in [0.4, 0.5) is 10.5 Å². The van der Waals surface area contributed by atoms with Crippen LogP contribution in [0.25, 0.3) is 0 Å². The van der Waals surface area contributed by atoms with Gasteiger partial charge >= 0.3 is 6.09 Å². The monoisotopic (exact) mass is 417 g/mol. The Balaban J connectivity index is 2.14. The van der Waals surface area contributed by atoms with Crippen molar-refractivity contribution in [3.8, 4) is 6.07 Å². The van der Waals surface area contributed by atoms with E-state index in [-0.39, 0.29) is 18.2 Å². The van der Waals surface area contributed by atoms with Crippen LogP contribution in [0.15, 0.2) is 24.3 Å². The van der Waals surface area contributed by atoms with E-state index in [0.717, 1.165) is 5.56 Å². The maximum absolute atomic E-state index is 12.4. The van der Waals surface area contributed by atoms with Crippen molar-refractivity contribution < 1.29 is 14.3 Å². The average molecular weight is 418 g/mol. The molecular formula is C20H27N5O3S. The molecule has 0 bridgehead atoms. The van der Waals surface area contributed by atoms with E-state index in [9.17, 15) is 14.9 Å². The Hall–Kier alpha value is -2.86. The van der Waals surface area contributed by atoms with Crippen molar-refractivity contribution in [2.24, 2.45) is 5.92 Å². The van der Waals surface area contributed by atoms with E-state index in [0.29, 0.717) is 23.6 Å². The smallest absolute Gasteiger partial charge is 0.412 e. The molecule has 0 saturated heterocycles. The molecule has 1 fully saturated rings. The molecular weight excluding hydrogens is 390 g/mol. The summed E-state index contributed by atoms with van der Waals surface area (Å²) in [5, 5.41) is 15.0. The molecule has 156 valence electrons. The molecule has 0 atom stereocenters. The molecule has 0 radical (unpaired) electrons. The molecule has 1 aliphatic carbocycles. The number of amides is 2. The van der Waals surface area contributed by atoms with E-state index >= 15 is 0 Å². The Morgan fingerprint density at radius 3 is 2.59 bits per heavy atom. The summed E-state index contributed by atoms with van der Waals surface area (Å²) in [6.07, 6.45) is 0.794. The summed E-state index contributed by atoms with van der Waals surface area (Å²) in [5.41, 5.74) is 5.58. The normalized spacial score (nSPS) is 20.4. The van der Waals surface area contributed by atoms with Gasteiger partial charge in [-0.1, -0.05) is 12.1 Å². The first-order chi connectivity index (χ1) is 13.6. The molecule has 2 amide bonds. The number of nitrogens with one attached hydrogen (secondary N) is 4. The molecule has 0 aromatic heterocycles. The summed E-state index contributed by atoms with van der Waals surface area (Å²) in [6, 6.07) is 9.58. The second-order valence-electron chi connectivity index (χ2n) is 8.15. The van der Waals surface area contributed by atoms with E-state index in [1.54, 1.807) is 33.9 Å². The highest BCUT2D eigenvalue weighted by Gasteiger charge is 2.47. The minimum Gasteiger partial charge on any atom is -0.444 e. The van der Waals surface area contributed by atoms with Crippen molar-refractivity contribution >= 4 is 35.0 Å². The molecule has 0 heterocycles. The van der Waals surface area contributed by atoms with E-state index < -0.39 is 17.1 Å². The maximum atomic E-state index is 12.4. The van der Waals surface area contributed by atoms with Gasteiger partial charge in [-0.15, -0.1) is 0 Å². The molecule has 0 spiro atoms. The van der Waals surface area contributed by atoms with Gasteiger partial charge < -0.3 is 10.1 Å². The van der Waals surface area contributed by atoms with Crippen LogP contribution in [0.2, 0.25) is 0 Å². The van der Waals surface area contributed by atoms with Gasteiger partial charge in [0.05, 0.1) is 6.07 Å². The van der Waals surface area contributed by atoms with E-state index in [1.165, 1.54) is 0 Å². The molecule has 1 aromatic rings. The third-order valence-electron chi connectivity index (χ3n) is 4.62. The van der Waals surface area contributed by atoms with Crippen molar-refractivity contribution in [3.63, 3.8) is 0 Å². The molecule has 1 aliphatic rings. The lowest BCUT2D eigenvalue weighted by Gasteiger charge is -2.45. The number of anilines is 1. The summed E-state index contributed by atoms with van der Waals surface area (Å²) >= 11 is 4.95. The van der Waals surface area contributed by atoms with Gasteiger partial charge in [0.25, 0.3) is 0 Å². The number of nitriles is 1. The quantitative estimate of drug-likeness (QED) is 0.440. The molecule has 9 heteroatoms. The van der Waals surface area contributed by atoms with Gasteiger partial charge in [-0.2, -0.15) is 5.26 Å². The van der Waals surface area contributed by atoms with Crippen LogP contribution in [0.5, 0.6) is 0 Å². The largest absolute Gasteiger partial charge is 0.444 e. The third-order valence-corrected chi connectivity index (χ3v) is 4.92. The predicted octanol–water partition coefficient (Wildman–Crippen LogP) is 2.72. The predicted molar refractivity (Wildman–Crippen MR) is 114 cm³/mol. The van der Waals surface area contributed by atoms with Crippen LogP contribution in [0.3, 0.4) is 0 Å². The zero-order chi connectivity index (χ0) is 21.7. The lowest BCUT2D eigenvalue weighted by Crippen LogP contribution is -2.50. The Morgan fingerprint density at radius 1 is 1.31 bits per heavy atom. The van der Waals surface area contributed by atoms with Gasteiger partial charge in [-0.05, 0) is 63.5 Å². The van der Waals surface area contributed by atoms with Gasteiger partial charge in [0.1, 0.15) is 5.60 Å². The standard InChI is InChI=1S/C20H27N5O3S/c1-19(2,3)28-18(27)23-15-7-5-6-14(8-15)20(9-13(10-20)12-21)11-16(26)24-25-17(29)22-4/h5-8,13H,9-11H2,1-4H3,(H,23,27)(H,24,26)(H2,22,25,29). The number of rotatable bonds is 4. The number of thiocarbonyl (C=S) groups is 1.